The van der Waals surface area contributed by atoms with Crippen molar-refractivity contribution < 1.29 is 0 Å². The summed E-state index contributed by atoms with van der Waals surface area (Å²) in [6.45, 7) is 1.13. The Morgan fingerprint density at radius 1 is 1.35 bits per heavy atom. The molecule has 0 amide bonds. The van der Waals surface area contributed by atoms with E-state index >= 15 is 0 Å². The SMILES string of the molecule is Clc1ccc2sc(SNCC3CC4CCC3C4)nc2c1. The van der Waals surface area contributed by atoms with Gasteiger partial charge in [-0.25, -0.2) is 4.98 Å². The molecule has 1 N–H and O–H groups in total. The second-order valence-corrected chi connectivity index (χ2v) is 8.58. The van der Waals surface area contributed by atoms with Crippen LogP contribution in [0.25, 0.3) is 10.2 Å². The number of fused-ring (bicyclic) bond motifs is 3. The third kappa shape index (κ3) is 2.59. The summed E-state index contributed by atoms with van der Waals surface area (Å²) in [5.41, 5.74) is 1.01. The molecule has 0 aliphatic heterocycles. The smallest absolute Gasteiger partial charge is 0.166 e. The van der Waals surface area contributed by atoms with Crippen LogP contribution in [-0.4, -0.2) is 11.5 Å². The minimum Gasteiger partial charge on any atom is -0.258 e. The van der Waals surface area contributed by atoms with Crippen molar-refractivity contribution in [3.63, 3.8) is 0 Å². The molecule has 3 atom stereocenters. The average Bonchev–Trinajstić information content (AvgIpc) is 3.12. The normalized spacial score (nSPS) is 28.6. The molecule has 2 nitrogen and oxygen atoms in total. The van der Waals surface area contributed by atoms with E-state index < -0.39 is 0 Å². The molecular formula is C15H17ClN2S2. The van der Waals surface area contributed by atoms with Gasteiger partial charge in [0.05, 0.1) is 10.2 Å². The lowest BCUT2D eigenvalue weighted by Crippen LogP contribution is -2.22. The van der Waals surface area contributed by atoms with Gasteiger partial charge in [-0.2, -0.15) is 0 Å². The lowest BCUT2D eigenvalue weighted by Gasteiger charge is -2.21. The largest absolute Gasteiger partial charge is 0.258 e. The van der Waals surface area contributed by atoms with E-state index in [0.717, 1.165) is 39.2 Å². The number of halogens is 1. The van der Waals surface area contributed by atoms with Crippen molar-refractivity contribution in [3.8, 4) is 0 Å². The van der Waals surface area contributed by atoms with Gasteiger partial charge in [0.1, 0.15) is 0 Å². The molecule has 2 bridgehead atoms. The summed E-state index contributed by atoms with van der Waals surface area (Å²) >= 11 is 9.41. The van der Waals surface area contributed by atoms with Gasteiger partial charge in [0.15, 0.2) is 4.34 Å². The molecule has 106 valence electrons. The van der Waals surface area contributed by atoms with Gasteiger partial charge in [0, 0.05) is 11.6 Å². The Morgan fingerprint density at radius 3 is 3.10 bits per heavy atom. The summed E-state index contributed by atoms with van der Waals surface area (Å²) in [7, 11) is 0. The fourth-order valence-electron chi connectivity index (χ4n) is 3.76. The molecule has 0 spiro atoms. The van der Waals surface area contributed by atoms with Crippen LogP contribution in [0.3, 0.4) is 0 Å². The topological polar surface area (TPSA) is 24.9 Å². The minimum absolute atomic E-state index is 0.759. The molecule has 2 aliphatic rings. The number of rotatable bonds is 4. The average molecular weight is 325 g/mol. The van der Waals surface area contributed by atoms with Crippen LogP contribution in [0.2, 0.25) is 5.02 Å². The minimum atomic E-state index is 0.759. The van der Waals surface area contributed by atoms with Gasteiger partial charge in [-0.3, -0.25) is 4.72 Å². The van der Waals surface area contributed by atoms with Gasteiger partial charge < -0.3 is 0 Å². The van der Waals surface area contributed by atoms with E-state index in [-0.39, 0.29) is 0 Å². The highest BCUT2D eigenvalue weighted by Gasteiger charge is 2.38. The fraction of sp³-hybridized carbons (Fsp3) is 0.533. The summed E-state index contributed by atoms with van der Waals surface area (Å²) in [5, 5.41) is 0.759. The molecule has 2 aliphatic carbocycles. The van der Waals surface area contributed by atoms with Gasteiger partial charge in [-0.1, -0.05) is 18.0 Å². The Hall–Kier alpha value is -0.290. The number of hydrogen-bond donors (Lipinski definition) is 1. The van der Waals surface area contributed by atoms with Crippen LogP contribution in [0.15, 0.2) is 22.5 Å². The molecule has 3 unspecified atom stereocenters. The molecule has 0 radical (unpaired) electrons. The van der Waals surface area contributed by atoms with Gasteiger partial charge in [0.25, 0.3) is 0 Å². The molecule has 2 fully saturated rings. The second kappa shape index (κ2) is 5.48. The maximum absolute atomic E-state index is 6.00. The standard InChI is InChI=1S/C15H17ClN2S2/c16-12-3-4-14-13(7-12)18-15(19-14)20-17-8-11-6-9-1-2-10(11)5-9/h3-4,7,9-11,17H,1-2,5-6,8H2. The highest BCUT2D eigenvalue weighted by atomic mass is 35.5. The number of benzene rings is 1. The van der Waals surface area contributed by atoms with E-state index in [9.17, 15) is 0 Å². The van der Waals surface area contributed by atoms with E-state index in [0.29, 0.717) is 0 Å². The third-order valence-electron chi connectivity index (χ3n) is 4.72. The number of aromatic nitrogens is 1. The number of nitrogens with zero attached hydrogens (tertiary/aromatic N) is 1. The first kappa shape index (κ1) is 13.4. The highest BCUT2D eigenvalue weighted by Crippen LogP contribution is 2.48. The van der Waals surface area contributed by atoms with Crippen molar-refractivity contribution in [2.45, 2.75) is 30.0 Å². The number of hydrogen-bond acceptors (Lipinski definition) is 4. The molecule has 1 heterocycles. The molecule has 20 heavy (non-hydrogen) atoms. The van der Waals surface area contributed by atoms with Crippen LogP contribution in [0.4, 0.5) is 0 Å². The van der Waals surface area contributed by atoms with Crippen LogP contribution in [0, 0.1) is 17.8 Å². The molecule has 0 saturated heterocycles. The van der Waals surface area contributed by atoms with Gasteiger partial charge >= 0.3 is 0 Å². The number of thiazole rings is 1. The molecule has 2 saturated carbocycles. The van der Waals surface area contributed by atoms with Crippen LogP contribution < -0.4 is 4.72 Å². The van der Waals surface area contributed by atoms with Gasteiger partial charge in [0.2, 0.25) is 0 Å². The molecular weight excluding hydrogens is 308 g/mol. The van der Waals surface area contributed by atoms with Crippen LogP contribution in [0.5, 0.6) is 0 Å². The first-order valence-electron chi connectivity index (χ1n) is 7.24. The van der Waals surface area contributed by atoms with Crippen molar-refractivity contribution in [3.05, 3.63) is 23.2 Å². The predicted molar refractivity (Wildman–Crippen MR) is 87.4 cm³/mol. The van der Waals surface area contributed by atoms with E-state index in [2.05, 4.69) is 15.8 Å². The Bertz CT molecular complexity index is 627. The zero-order valence-corrected chi connectivity index (χ0v) is 13.5. The maximum atomic E-state index is 6.00. The summed E-state index contributed by atoms with van der Waals surface area (Å²) in [6.07, 6.45) is 5.86. The van der Waals surface area contributed by atoms with E-state index in [1.807, 2.05) is 12.1 Å². The van der Waals surface area contributed by atoms with Crippen LogP contribution in [0.1, 0.15) is 25.7 Å². The van der Waals surface area contributed by atoms with Crippen molar-refractivity contribution in [1.82, 2.24) is 9.71 Å². The van der Waals surface area contributed by atoms with E-state index in [1.165, 1.54) is 30.4 Å². The fourth-order valence-corrected chi connectivity index (χ4v) is 5.78. The zero-order valence-electron chi connectivity index (χ0n) is 11.1. The van der Waals surface area contributed by atoms with Crippen molar-refractivity contribution in [2.24, 2.45) is 17.8 Å². The van der Waals surface area contributed by atoms with E-state index in [4.69, 9.17) is 11.6 Å². The molecule has 1 aromatic carbocycles. The predicted octanol–water partition coefficient (Wildman–Crippen LogP) is 4.98. The first-order valence-corrected chi connectivity index (χ1v) is 9.25. The Morgan fingerprint density at radius 2 is 2.30 bits per heavy atom. The zero-order chi connectivity index (χ0) is 13.5. The number of nitrogens with one attached hydrogen (secondary N) is 1. The maximum Gasteiger partial charge on any atom is 0.166 e. The molecule has 2 aromatic rings. The second-order valence-electron chi connectivity index (χ2n) is 5.98. The first-order chi connectivity index (χ1) is 9.78. The molecule has 5 heteroatoms. The van der Waals surface area contributed by atoms with Gasteiger partial charge in [-0.05, 0) is 67.2 Å². The monoisotopic (exact) mass is 324 g/mol. The lowest BCUT2D eigenvalue weighted by molar-refractivity contribution is 0.335. The lowest BCUT2D eigenvalue weighted by atomic mass is 9.89. The van der Waals surface area contributed by atoms with Crippen LogP contribution in [-0.2, 0) is 0 Å². The Balaban J connectivity index is 1.36. The van der Waals surface area contributed by atoms with Crippen molar-refractivity contribution >= 4 is 45.1 Å². The summed E-state index contributed by atoms with van der Waals surface area (Å²) in [5.74, 6) is 2.91. The Kier molecular flexibility index (Phi) is 3.67. The van der Waals surface area contributed by atoms with E-state index in [1.54, 1.807) is 23.3 Å². The van der Waals surface area contributed by atoms with Gasteiger partial charge in [-0.15, -0.1) is 11.3 Å². The summed E-state index contributed by atoms with van der Waals surface area (Å²) in [6, 6.07) is 5.92. The summed E-state index contributed by atoms with van der Waals surface area (Å²) < 4.78 is 5.83. The van der Waals surface area contributed by atoms with Crippen molar-refractivity contribution in [2.75, 3.05) is 6.54 Å². The summed E-state index contributed by atoms with van der Waals surface area (Å²) in [4.78, 5) is 4.62. The molecule has 1 aromatic heterocycles. The Labute approximate surface area is 132 Å². The van der Waals surface area contributed by atoms with Crippen LogP contribution >= 0.6 is 34.9 Å². The highest BCUT2D eigenvalue weighted by molar-refractivity contribution is 7.99. The van der Waals surface area contributed by atoms with Crippen molar-refractivity contribution in [1.29, 1.82) is 0 Å². The molecule has 4 rings (SSSR count). The quantitative estimate of drug-likeness (QED) is 0.803. The third-order valence-corrected chi connectivity index (χ3v) is 6.86.